The number of anilines is 1. The van der Waals surface area contributed by atoms with Gasteiger partial charge in [-0.1, -0.05) is 17.7 Å². The third kappa shape index (κ3) is 5.13. The number of ether oxygens (including phenoxy) is 3. The van der Waals surface area contributed by atoms with Crippen molar-refractivity contribution in [2.75, 3.05) is 19.0 Å². The van der Waals surface area contributed by atoms with E-state index in [2.05, 4.69) is 5.32 Å². The molecular weight excluding hydrogens is 358 g/mol. The van der Waals surface area contributed by atoms with E-state index in [4.69, 9.17) is 25.8 Å². The summed E-state index contributed by atoms with van der Waals surface area (Å²) < 4.78 is 15.8. The predicted molar refractivity (Wildman–Crippen MR) is 99.1 cm³/mol. The fourth-order valence-corrected chi connectivity index (χ4v) is 2.35. The van der Waals surface area contributed by atoms with Crippen LogP contribution >= 0.6 is 11.6 Å². The number of hydrogen-bond donors (Lipinski definition) is 1. The average Bonchev–Trinajstić information content (AvgIpc) is 2.61. The topological polar surface area (TPSA) is 73.9 Å². The number of benzene rings is 2. The summed E-state index contributed by atoms with van der Waals surface area (Å²) in [4.78, 5) is 24.5. The van der Waals surface area contributed by atoms with E-state index in [9.17, 15) is 9.59 Å². The molecule has 2 rings (SSSR count). The van der Waals surface area contributed by atoms with Crippen molar-refractivity contribution in [1.29, 1.82) is 0 Å². The number of halogens is 1. The van der Waals surface area contributed by atoms with Gasteiger partial charge in [0.05, 0.1) is 19.3 Å². The van der Waals surface area contributed by atoms with Gasteiger partial charge in [-0.15, -0.1) is 0 Å². The Bertz CT molecular complexity index is 793. The van der Waals surface area contributed by atoms with Crippen LogP contribution in [0, 0.1) is 0 Å². The largest absolute Gasteiger partial charge is 0.493 e. The van der Waals surface area contributed by atoms with Crippen molar-refractivity contribution in [3.8, 4) is 11.5 Å². The van der Waals surface area contributed by atoms with Gasteiger partial charge < -0.3 is 19.5 Å². The molecule has 0 unspecified atom stereocenters. The molecule has 0 aliphatic carbocycles. The van der Waals surface area contributed by atoms with Crippen molar-refractivity contribution in [3.05, 3.63) is 53.1 Å². The number of nitrogens with one attached hydrogen (secondary N) is 1. The van der Waals surface area contributed by atoms with Gasteiger partial charge in [0.15, 0.2) is 17.6 Å². The molecule has 0 saturated heterocycles. The molecule has 138 valence electrons. The monoisotopic (exact) mass is 377 g/mol. The van der Waals surface area contributed by atoms with Crippen LogP contribution in [0.4, 0.5) is 5.69 Å². The van der Waals surface area contributed by atoms with Gasteiger partial charge in [0.25, 0.3) is 5.91 Å². The second kappa shape index (κ2) is 9.10. The normalized spacial score (nSPS) is 11.4. The third-order valence-corrected chi connectivity index (χ3v) is 3.68. The van der Waals surface area contributed by atoms with E-state index in [0.717, 1.165) is 0 Å². The highest BCUT2D eigenvalue weighted by molar-refractivity contribution is 6.30. The number of carbonyl (C=O) groups is 2. The Balaban J connectivity index is 2.04. The Kier molecular flexibility index (Phi) is 6.86. The van der Waals surface area contributed by atoms with Crippen LogP contribution in [0.2, 0.25) is 5.02 Å². The number of carbonyl (C=O) groups excluding carboxylic acids is 2. The first-order chi connectivity index (χ1) is 12.4. The summed E-state index contributed by atoms with van der Waals surface area (Å²) >= 11 is 5.88. The third-order valence-electron chi connectivity index (χ3n) is 3.44. The Morgan fingerprint density at radius 2 is 1.92 bits per heavy atom. The zero-order chi connectivity index (χ0) is 19.1. The van der Waals surface area contributed by atoms with Crippen molar-refractivity contribution in [2.24, 2.45) is 0 Å². The van der Waals surface area contributed by atoms with E-state index in [1.807, 2.05) is 6.92 Å². The maximum absolute atomic E-state index is 12.3. The Morgan fingerprint density at radius 1 is 1.15 bits per heavy atom. The summed E-state index contributed by atoms with van der Waals surface area (Å²) in [6.07, 6.45) is -0.987. The highest BCUT2D eigenvalue weighted by Crippen LogP contribution is 2.28. The van der Waals surface area contributed by atoms with Gasteiger partial charge in [0, 0.05) is 10.7 Å². The van der Waals surface area contributed by atoms with E-state index in [1.54, 1.807) is 36.4 Å². The van der Waals surface area contributed by atoms with Gasteiger partial charge in [-0.25, -0.2) is 4.79 Å². The lowest BCUT2D eigenvalue weighted by molar-refractivity contribution is -0.123. The second-order valence-corrected chi connectivity index (χ2v) is 5.78. The summed E-state index contributed by atoms with van der Waals surface area (Å²) in [5.41, 5.74) is 0.783. The van der Waals surface area contributed by atoms with Crippen LogP contribution in [0.5, 0.6) is 11.5 Å². The number of amides is 1. The van der Waals surface area contributed by atoms with Crippen LogP contribution in [0.3, 0.4) is 0 Å². The first-order valence-corrected chi connectivity index (χ1v) is 8.40. The molecule has 0 saturated carbocycles. The van der Waals surface area contributed by atoms with Crippen LogP contribution in [0.15, 0.2) is 42.5 Å². The molecule has 0 aromatic heterocycles. The molecule has 0 aliphatic heterocycles. The lowest BCUT2D eigenvalue weighted by atomic mass is 10.2. The standard InChI is InChI=1S/C19H20ClNO5/c1-4-25-17-10-13(8-9-16(17)24-3)19(23)26-12(2)18(22)21-15-7-5-6-14(20)11-15/h5-12H,4H2,1-3H3,(H,21,22)/t12-/m0/s1. The van der Waals surface area contributed by atoms with Crippen molar-refractivity contribution >= 4 is 29.2 Å². The Morgan fingerprint density at radius 3 is 2.58 bits per heavy atom. The molecule has 0 spiro atoms. The van der Waals surface area contributed by atoms with Crippen LogP contribution in [-0.4, -0.2) is 31.7 Å². The van der Waals surface area contributed by atoms with Crippen LogP contribution in [-0.2, 0) is 9.53 Å². The molecule has 6 nitrogen and oxygen atoms in total. The molecule has 1 N–H and O–H groups in total. The molecule has 0 bridgehead atoms. The van der Waals surface area contributed by atoms with Crippen molar-refractivity contribution in [1.82, 2.24) is 0 Å². The molecule has 1 atom stereocenters. The highest BCUT2D eigenvalue weighted by Gasteiger charge is 2.20. The van der Waals surface area contributed by atoms with Gasteiger partial charge in [-0.2, -0.15) is 0 Å². The van der Waals surface area contributed by atoms with E-state index < -0.39 is 18.0 Å². The zero-order valence-electron chi connectivity index (χ0n) is 14.7. The maximum atomic E-state index is 12.3. The minimum Gasteiger partial charge on any atom is -0.493 e. The van der Waals surface area contributed by atoms with Gasteiger partial charge >= 0.3 is 5.97 Å². The van der Waals surface area contributed by atoms with Gasteiger partial charge in [-0.05, 0) is 50.2 Å². The molecule has 2 aromatic rings. The van der Waals surface area contributed by atoms with E-state index >= 15 is 0 Å². The smallest absolute Gasteiger partial charge is 0.339 e. The molecule has 26 heavy (non-hydrogen) atoms. The van der Waals surface area contributed by atoms with Crippen LogP contribution in [0.1, 0.15) is 24.2 Å². The highest BCUT2D eigenvalue weighted by atomic mass is 35.5. The molecule has 0 aliphatic rings. The van der Waals surface area contributed by atoms with Gasteiger partial charge in [0.1, 0.15) is 0 Å². The summed E-state index contributed by atoms with van der Waals surface area (Å²) in [7, 11) is 1.51. The summed E-state index contributed by atoms with van der Waals surface area (Å²) in [6.45, 7) is 3.74. The van der Waals surface area contributed by atoms with E-state index in [1.165, 1.54) is 20.1 Å². The average molecular weight is 378 g/mol. The zero-order valence-corrected chi connectivity index (χ0v) is 15.5. The van der Waals surface area contributed by atoms with Gasteiger partial charge in [-0.3, -0.25) is 4.79 Å². The molecule has 0 fully saturated rings. The molecular formula is C19H20ClNO5. The quantitative estimate of drug-likeness (QED) is 0.740. The predicted octanol–water partition coefficient (Wildman–Crippen LogP) is 3.93. The summed E-state index contributed by atoms with van der Waals surface area (Å²) in [5.74, 6) is -0.155. The fraction of sp³-hybridized carbons (Fsp3) is 0.263. The molecule has 2 aromatic carbocycles. The Hall–Kier alpha value is -2.73. The second-order valence-electron chi connectivity index (χ2n) is 5.35. The SMILES string of the molecule is CCOc1cc(C(=O)O[C@@H](C)C(=O)Nc2cccc(Cl)c2)ccc1OC. The molecule has 0 heterocycles. The lowest BCUT2D eigenvalue weighted by Crippen LogP contribution is -2.30. The number of rotatable bonds is 7. The number of methoxy groups -OCH3 is 1. The summed E-state index contributed by atoms with van der Waals surface area (Å²) in [5, 5.41) is 3.14. The van der Waals surface area contributed by atoms with Crippen molar-refractivity contribution < 1.29 is 23.8 Å². The van der Waals surface area contributed by atoms with Crippen LogP contribution < -0.4 is 14.8 Å². The first kappa shape index (κ1) is 19.6. The Labute approximate surface area is 157 Å². The van der Waals surface area contributed by atoms with Gasteiger partial charge in [0.2, 0.25) is 0 Å². The minimum atomic E-state index is -0.987. The maximum Gasteiger partial charge on any atom is 0.339 e. The molecule has 1 amide bonds. The molecule has 7 heteroatoms. The number of esters is 1. The van der Waals surface area contributed by atoms with Crippen molar-refractivity contribution in [2.45, 2.75) is 20.0 Å². The minimum absolute atomic E-state index is 0.261. The lowest BCUT2D eigenvalue weighted by Gasteiger charge is -2.15. The van der Waals surface area contributed by atoms with Crippen molar-refractivity contribution in [3.63, 3.8) is 0 Å². The number of hydrogen-bond acceptors (Lipinski definition) is 5. The molecule has 0 radical (unpaired) electrons. The van der Waals surface area contributed by atoms with E-state index in [0.29, 0.717) is 28.8 Å². The summed E-state index contributed by atoms with van der Waals surface area (Å²) in [6, 6.07) is 11.4. The fourth-order valence-electron chi connectivity index (χ4n) is 2.16. The van der Waals surface area contributed by atoms with E-state index in [-0.39, 0.29) is 5.56 Å². The van der Waals surface area contributed by atoms with Crippen LogP contribution in [0.25, 0.3) is 0 Å². The first-order valence-electron chi connectivity index (χ1n) is 8.02.